The van der Waals surface area contributed by atoms with E-state index in [1.807, 2.05) is 6.07 Å². The number of carbonyl (C=O) groups excluding carboxylic acids is 1. The van der Waals surface area contributed by atoms with Crippen LogP contribution in [0.25, 0.3) is 0 Å². The summed E-state index contributed by atoms with van der Waals surface area (Å²) in [5, 5.41) is 26.3. The average molecular weight is 248 g/mol. The molecule has 0 unspecified atom stereocenters. The minimum absolute atomic E-state index is 0.126. The Hall–Kier alpha value is -1.90. The molecule has 0 spiro atoms. The number of benzene rings is 1. The summed E-state index contributed by atoms with van der Waals surface area (Å²) in [4.78, 5) is 13.3. The van der Waals surface area contributed by atoms with Crippen molar-refractivity contribution in [3.05, 3.63) is 35.4 Å². The zero-order valence-electron chi connectivity index (χ0n) is 10.0. The average Bonchev–Trinajstić information content (AvgIpc) is 2.39. The highest BCUT2D eigenvalue weighted by Gasteiger charge is 2.12. The molecule has 0 aromatic heterocycles. The van der Waals surface area contributed by atoms with E-state index in [1.165, 1.54) is 4.90 Å². The van der Waals surface area contributed by atoms with Crippen LogP contribution in [0.4, 0.5) is 0 Å². The molecule has 0 saturated carbocycles. The molecule has 0 radical (unpaired) electrons. The summed E-state index contributed by atoms with van der Waals surface area (Å²) in [5.41, 5.74) is 1.36. The normalized spacial score (nSPS) is 9.83. The molecule has 96 valence electrons. The highest BCUT2D eigenvalue weighted by molar-refractivity contribution is 5.78. The van der Waals surface area contributed by atoms with Gasteiger partial charge < -0.3 is 15.1 Å². The van der Waals surface area contributed by atoms with Gasteiger partial charge >= 0.3 is 0 Å². The smallest absolute Gasteiger partial charge is 0.227 e. The van der Waals surface area contributed by atoms with Gasteiger partial charge in [-0.05, 0) is 17.7 Å². The molecule has 5 heteroatoms. The Bertz CT molecular complexity index is 417. The Morgan fingerprint density at radius 1 is 1.17 bits per heavy atom. The summed E-state index contributed by atoms with van der Waals surface area (Å²) < 4.78 is 0. The molecule has 0 atom stereocenters. The third-order valence-corrected chi connectivity index (χ3v) is 2.53. The molecule has 1 aromatic rings. The van der Waals surface area contributed by atoms with Gasteiger partial charge in [-0.2, -0.15) is 5.26 Å². The number of aliphatic hydroxyl groups excluding tert-OH is 2. The van der Waals surface area contributed by atoms with Gasteiger partial charge in [-0.3, -0.25) is 4.79 Å². The first-order valence-corrected chi connectivity index (χ1v) is 5.69. The molecule has 0 aliphatic heterocycles. The van der Waals surface area contributed by atoms with Crippen molar-refractivity contribution in [1.29, 1.82) is 5.26 Å². The molecule has 1 amide bonds. The van der Waals surface area contributed by atoms with Gasteiger partial charge in [0.15, 0.2) is 0 Å². The van der Waals surface area contributed by atoms with E-state index in [2.05, 4.69) is 0 Å². The molecular formula is C13H16N2O3. The molecule has 0 fully saturated rings. The Kier molecular flexibility index (Phi) is 5.85. The number of amides is 1. The number of hydrogen-bond donors (Lipinski definition) is 2. The summed E-state index contributed by atoms with van der Waals surface area (Å²) in [7, 11) is 0. The second-order valence-electron chi connectivity index (χ2n) is 3.81. The fraction of sp³-hybridized carbons (Fsp3) is 0.385. The van der Waals surface area contributed by atoms with Crippen molar-refractivity contribution in [1.82, 2.24) is 4.90 Å². The lowest BCUT2D eigenvalue weighted by atomic mass is 10.1. The van der Waals surface area contributed by atoms with Crippen molar-refractivity contribution in [2.75, 3.05) is 26.3 Å². The van der Waals surface area contributed by atoms with E-state index < -0.39 is 0 Å². The quantitative estimate of drug-likeness (QED) is 0.737. The second kappa shape index (κ2) is 7.43. The highest BCUT2D eigenvalue weighted by Crippen LogP contribution is 2.06. The zero-order chi connectivity index (χ0) is 13.4. The summed E-state index contributed by atoms with van der Waals surface area (Å²) >= 11 is 0. The monoisotopic (exact) mass is 248 g/mol. The lowest BCUT2D eigenvalue weighted by molar-refractivity contribution is -0.131. The van der Waals surface area contributed by atoms with Crippen LogP contribution >= 0.6 is 0 Å². The summed E-state index contributed by atoms with van der Waals surface area (Å²) in [5.74, 6) is -0.150. The van der Waals surface area contributed by atoms with Crippen LogP contribution in [0, 0.1) is 11.3 Å². The van der Waals surface area contributed by atoms with Gasteiger partial charge in [-0.25, -0.2) is 0 Å². The molecular weight excluding hydrogens is 232 g/mol. The molecule has 1 aromatic carbocycles. The van der Waals surface area contributed by atoms with Gasteiger partial charge in [0.1, 0.15) is 0 Å². The molecule has 18 heavy (non-hydrogen) atoms. The van der Waals surface area contributed by atoms with E-state index in [1.54, 1.807) is 24.3 Å². The molecule has 1 rings (SSSR count). The van der Waals surface area contributed by atoms with Crippen LogP contribution in [0.3, 0.4) is 0 Å². The van der Waals surface area contributed by atoms with E-state index in [0.717, 1.165) is 5.56 Å². The van der Waals surface area contributed by atoms with Crippen LogP contribution in [-0.4, -0.2) is 47.3 Å². The predicted octanol–water partition coefficient (Wildman–Crippen LogP) is -0.0860. The third kappa shape index (κ3) is 4.17. The van der Waals surface area contributed by atoms with Gasteiger partial charge in [0.2, 0.25) is 5.91 Å². The van der Waals surface area contributed by atoms with Crippen molar-refractivity contribution >= 4 is 5.91 Å². The molecule has 5 nitrogen and oxygen atoms in total. The number of nitriles is 1. The third-order valence-electron chi connectivity index (χ3n) is 2.53. The number of carbonyl (C=O) groups is 1. The van der Waals surface area contributed by atoms with Crippen molar-refractivity contribution < 1.29 is 15.0 Å². The van der Waals surface area contributed by atoms with Crippen molar-refractivity contribution in [3.63, 3.8) is 0 Å². The largest absolute Gasteiger partial charge is 0.395 e. The first kappa shape index (κ1) is 14.2. The molecule has 0 aliphatic rings. The maximum atomic E-state index is 11.9. The SMILES string of the molecule is N#Cc1ccc(CC(=O)N(CCO)CCO)cc1. The first-order chi connectivity index (χ1) is 8.71. The van der Waals surface area contributed by atoms with Gasteiger partial charge in [-0.1, -0.05) is 12.1 Å². The Balaban J connectivity index is 2.63. The van der Waals surface area contributed by atoms with Crippen LogP contribution in [0.2, 0.25) is 0 Å². The van der Waals surface area contributed by atoms with Gasteiger partial charge in [0, 0.05) is 13.1 Å². The Morgan fingerprint density at radius 2 is 1.72 bits per heavy atom. The van der Waals surface area contributed by atoms with Crippen molar-refractivity contribution in [2.45, 2.75) is 6.42 Å². The summed E-state index contributed by atoms with van der Waals surface area (Å²) in [6.07, 6.45) is 0.200. The van der Waals surface area contributed by atoms with E-state index >= 15 is 0 Å². The van der Waals surface area contributed by atoms with Crippen LogP contribution < -0.4 is 0 Å². The van der Waals surface area contributed by atoms with Crippen LogP contribution in [0.15, 0.2) is 24.3 Å². The van der Waals surface area contributed by atoms with Crippen LogP contribution in [0.5, 0.6) is 0 Å². The highest BCUT2D eigenvalue weighted by atomic mass is 16.3. The van der Waals surface area contributed by atoms with E-state index in [-0.39, 0.29) is 38.6 Å². The first-order valence-electron chi connectivity index (χ1n) is 5.69. The zero-order valence-corrected chi connectivity index (χ0v) is 10.0. The minimum atomic E-state index is -0.150. The van der Waals surface area contributed by atoms with Gasteiger partial charge in [-0.15, -0.1) is 0 Å². The Labute approximate surface area is 106 Å². The maximum Gasteiger partial charge on any atom is 0.227 e. The molecule has 0 bridgehead atoms. The minimum Gasteiger partial charge on any atom is -0.395 e. The van der Waals surface area contributed by atoms with Gasteiger partial charge in [0.05, 0.1) is 31.3 Å². The Morgan fingerprint density at radius 3 is 2.17 bits per heavy atom. The maximum absolute atomic E-state index is 11.9. The van der Waals surface area contributed by atoms with Crippen molar-refractivity contribution in [2.24, 2.45) is 0 Å². The van der Waals surface area contributed by atoms with Crippen LogP contribution in [0.1, 0.15) is 11.1 Å². The molecule has 0 saturated heterocycles. The number of rotatable bonds is 6. The van der Waals surface area contributed by atoms with E-state index in [4.69, 9.17) is 15.5 Å². The topological polar surface area (TPSA) is 84.6 Å². The van der Waals surface area contributed by atoms with E-state index in [9.17, 15) is 4.79 Å². The fourth-order valence-corrected chi connectivity index (χ4v) is 1.59. The van der Waals surface area contributed by atoms with Crippen molar-refractivity contribution in [3.8, 4) is 6.07 Å². The number of nitrogens with zero attached hydrogens (tertiary/aromatic N) is 2. The number of hydrogen-bond acceptors (Lipinski definition) is 4. The fourth-order valence-electron chi connectivity index (χ4n) is 1.59. The van der Waals surface area contributed by atoms with E-state index in [0.29, 0.717) is 5.56 Å². The second-order valence-corrected chi connectivity index (χ2v) is 3.81. The summed E-state index contributed by atoms with van der Waals surface area (Å²) in [6.45, 7) is 0.184. The lowest BCUT2D eigenvalue weighted by Crippen LogP contribution is -2.36. The molecule has 2 N–H and O–H groups in total. The standard InChI is InChI=1S/C13H16N2O3/c14-10-12-3-1-11(2-4-12)9-13(18)15(5-7-16)6-8-17/h1-4,16-17H,5-9H2. The molecule has 0 heterocycles. The van der Waals surface area contributed by atoms with Crippen LogP contribution in [-0.2, 0) is 11.2 Å². The summed E-state index contributed by atoms with van der Waals surface area (Å²) in [6, 6.07) is 8.78. The molecule has 0 aliphatic carbocycles. The van der Waals surface area contributed by atoms with Gasteiger partial charge in [0.25, 0.3) is 0 Å². The predicted molar refractivity (Wildman–Crippen MR) is 65.6 cm³/mol. The lowest BCUT2D eigenvalue weighted by Gasteiger charge is -2.20. The number of aliphatic hydroxyl groups is 2.